The van der Waals surface area contributed by atoms with Crippen LogP contribution in [0.15, 0.2) is 52.1 Å². The highest BCUT2D eigenvalue weighted by molar-refractivity contribution is 7.98. The Morgan fingerprint density at radius 1 is 1.33 bits per heavy atom. The molecule has 0 saturated heterocycles. The average molecular weight is 317 g/mol. The second-order valence-electron chi connectivity index (χ2n) is 4.21. The lowest BCUT2D eigenvalue weighted by atomic mass is 10.3. The van der Waals surface area contributed by atoms with E-state index in [1.807, 2.05) is 36.4 Å². The molecular formula is C15H11NO3S2. The highest BCUT2D eigenvalue weighted by atomic mass is 32.2. The number of carboxylic acid groups (broad SMARTS) is 1. The molecule has 0 atom stereocenters. The third-order valence-electron chi connectivity index (χ3n) is 2.68. The third-order valence-corrected chi connectivity index (χ3v) is 4.79. The quantitative estimate of drug-likeness (QED) is 0.562. The maximum Gasteiger partial charge on any atom is 0.328 e. The van der Waals surface area contributed by atoms with Gasteiger partial charge in [0.15, 0.2) is 5.58 Å². The van der Waals surface area contributed by atoms with Crippen molar-refractivity contribution in [2.75, 3.05) is 0 Å². The first-order valence-corrected chi connectivity index (χ1v) is 7.99. The Morgan fingerprint density at radius 2 is 2.19 bits per heavy atom. The molecule has 1 aromatic carbocycles. The number of carbonyl (C=O) groups is 1. The molecule has 3 rings (SSSR count). The molecule has 0 aliphatic heterocycles. The predicted octanol–water partition coefficient (Wildman–Crippen LogP) is 4.28. The van der Waals surface area contributed by atoms with Gasteiger partial charge in [0, 0.05) is 21.6 Å². The Bertz CT molecular complexity index is 771. The van der Waals surface area contributed by atoms with Crippen molar-refractivity contribution in [2.45, 2.75) is 11.0 Å². The van der Waals surface area contributed by atoms with Crippen LogP contribution < -0.4 is 0 Å². The van der Waals surface area contributed by atoms with Gasteiger partial charge in [-0.2, -0.15) is 0 Å². The summed E-state index contributed by atoms with van der Waals surface area (Å²) in [4.78, 5) is 16.9. The van der Waals surface area contributed by atoms with Gasteiger partial charge in [0.2, 0.25) is 0 Å². The fraction of sp³-hybridized carbons (Fsp3) is 0.0667. The van der Waals surface area contributed by atoms with E-state index in [2.05, 4.69) is 4.98 Å². The minimum absolute atomic E-state index is 0.646. The van der Waals surface area contributed by atoms with Crippen molar-refractivity contribution in [2.24, 2.45) is 0 Å². The van der Waals surface area contributed by atoms with Gasteiger partial charge in [-0.25, -0.2) is 9.78 Å². The number of carboxylic acids is 1. The number of thiophene rings is 1. The van der Waals surface area contributed by atoms with Crippen LogP contribution in [0.2, 0.25) is 0 Å². The van der Waals surface area contributed by atoms with Gasteiger partial charge in [0.05, 0.1) is 0 Å². The Labute approximate surface area is 129 Å². The van der Waals surface area contributed by atoms with E-state index in [4.69, 9.17) is 9.52 Å². The van der Waals surface area contributed by atoms with Gasteiger partial charge in [-0.05, 0) is 30.3 Å². The summed E-state index contributed by atoms with van der Waals surface area (Å²) in [6.45, 7) is 0. The molecule has 0 radical (unpaired) electrons. The fourth-order valence-electron chi connectivity index (χ4n) is 1.76. The number of fused-ring (bicyclic) bond motifs is 1. The normalized spacial score (nSPS) is 11.4. The number of oxazole rings is 1. The number of thioether (sulfide) groups is 1. The van der Waals surface area contributed by atoms with Crippen molar-refractivity contribution < 1.29 is 14.3 Å². The van der Waals surface area contributed by atoms with Crippen molar-refractivity contribution in [3.63, 3.8) is 0 Å². The molecule has 0 fully saturated rings. The van der Waals surface area contributed by atoms with Gasteiger partial charge in [-0.3, -0.25) is 0 Å². The van der Waals surface area contributed by atoms with E-state index >= 15 is 0 Å². The lowest BCUT2D eigenvalue weighted by molar-refractivity contribution is -0.131. The van der Waals surface area contributed by atoms with Crippen LogP contribution in [0, 0.1) is 0 Å². The molecule has 3 aromatic rings. The zero-order valence-electron chi connectivity index (χ0n) is 10.9. The minimum Gasteiger partial charge on any atom is -0.478 e. The van der Waals surface area contributed by atoms with E-state index < -0.39 is 5.97 Å². The van der Waals surface area contributed by atoms with E-state index in [0.29, 0.717) is 5.22 Å². The van der Waals surface area contributed by atoms with Crippen molar-refractivity contribution in [1.29, 1.82) is 0 Å². The molecule has 0 aliphatic rings. The molecule has 2 aromatic heterocycles. The molecule has 1 N–H and O–H groups in total. The molecule has 0 saturated carbocycles. The fourth-order valence-corrected chi connectivity index (χ4v) is 3.56. The maximum absolute atomic E-state index is 10.5. The van der Waals surface area contributed by atoms with Crippen LogP contribution in [0.4, 0.5) is 0 Å². The number of rotatable bonds is 5. The number of nitrogens with zero attached hydrogens (tertiary/aromatic N) is 1. The van der Waals surface area contributed by atoms with Crippen LogP contribution in [0.25, 0.3) is 17.2 Å². The summed E-state index contributed by atoms with van der Waals surface area (Å²) < 4.78 is 5.64. The van der Waals surface area contributed by atoms with E-state index in [-0.39, 0.29) is 0 Å². The Balaban J connectivity index is 1.66. The molecule has 0 amide bonds. The van der Waals surface area contributed by atoms with E-state index in [1.165, 1.54) is 11.8 Å². The smallest absolute Gasteiger partial charge is 0.328 e. The summed E-state index contributed by atoms with van der Waals surface area (Å²) in [6.07, 6.45) is 2.74. The van der Waals surface area contributed by atoms with Crippen LogP contribution in [-0.2, 0) is 10.5 Å². The average Bonchev–Trinajstić information content (AvgIpc) is 3.09. The topological polar surface area (TPSA) is 63.3 Å². The largest absolute Gasteiger partial charge is 0.478 e. The SMILES string of the molecule is O=C(O)C=Cc1ccc(CSc2nc3ccccc3o2)s1. The molecule has 21 heavy (non-hydrogen) atoms. The second kappa shape index (κ2) is 6.15. The van der Waals surface area contributed by atoms with Crippen LogP contribution in [-0.4, -0.2) is 16.1 Å². The highest BCUT2D eigenvalue weighted by Gasteiger charge is 2.07. The third kappa shape index (κ3) is 3.53. The Hall–Kier alpha value is -2.05. The van der Waals surface area contributed by atoms with Crippen LogP contribution in [0.3, 0.4) is 0 Å². The van der Waals surface area contributed by atoms with Gasteiger partial charge in [-0.1, -0.05) is 23.9 Å². The number of para-hydroxylation sites is 2. The Morgan fingerprint density at radius 3 is 3.00 bits per heavy atom. The van der Waals surface area contributed by atoms with Crippen LogP contribution in [0.1, 0.15) is 9.75 Å². The van der Waals surface area contributed by atoms with Crippen LogP contribution in [0.5, 0.6) is 0 Å². The molecule has 4 nitrogen and oxygen atoms in total. The molecule has 0 aliphatic carbocycles. The van der Waals surface area contributed by atoms with E-state index in [0.717, 1.165) is 32.7 Å². The molecule has 0 bridgehead atoms. The molecule has 106 valence electrons. The number of aromatic nitrogens is 1. The summed E-state index contributed by atoms with van der Waals surface area (Å²) in [5.41, 5.74) is 1.65. The van der Waals surface area contributed by atoms with Gasteiger partial charge < -0.3 is 9.52 Å². The second-order valence-corrected chi connectivity index (χ2v) is 6.34. The molecular weight excluding hydrogens is 306 g/mol. The number of hydrogen-bond donors (Lipinski definition) is 1. The number of benzene rings is 1. The van der Waals surface area contributed by atoms with Crippen molar-refractivity contribution in [1.82, 2.24) is 4.98 Å². The Kier molecular flexibility index (Phi) is 4.08. The minimum atomic E-state index is -0.939. The number of hydrogen-bond acceptors (Lipinski definition) is 5. The summed E-state index contributed by atoms with van der Waals surface area (Å²) in [6, 6.07) is 11.6. The van der Waals surface area contributed by atoms with Crippen molar-refractivity contribution in [3.8, 4) is 0 Å². The van der Waals surface area contributed by atoms with Crippen LogP contribution >= 0.6 is 23.1 Å². The summed E-state index contributed by atoms with van der Waals surface area (Å²) in [5.74, 6) is -0.191. The van der Waals surface area contributed by atoms with Gasteiger partial charge in [-0.15, -0.1) is 11.3 Å². The first-order valence-electron chi connectivity index (χ1n) is 6.19. The number of aliphatic carboxylic acids is 1. The van der Waals surface area contributed by atoms with Crippen molar-refractivity contribution in [3.05, 3.63) is 52.2 Å². The molecule has 0 unspecified atom stereocenters. The first-order chi connectivity index (χ1) is 10.2. The summed E-state index contributed by atoms with van der Waals surface area (Å²) in [7, 11) is 0. The zero-order chi connectivity index (χ0) is 14.7. The summed E-state index contributed by atoms with van der Waals surface area (Å²) in [5, 5.41) is 9.24. The molecule has 6 heteroatoms. The van der Waals surface area contributed by atoms with Gasteiger partial charge in [0.1, 0.15) is 5.52 Å². The summed E-state index contributed by atoms with van der Waals surface area (Å²) >= 11 is 3.09. The molecule has 2 heterocycles. The predicted molar refractivity (Wildman–Crippen MR) is 84.6 cm³/mol. The standard InChI is InChI=1S/C15H11NO3S2/c17-14(18)8-7-10-5-6-11(21-10)9-20-15-16-12-3-1-2-4-13(12)19-15/h1-8H,9H2,(H,17,18). The van der Waals surface area contributed by atoms with E-state index in [9.17, 15) is 4.79 Å². The van der Waals surface area contributed by atoms with Gasteiger partial charge in [0.25, 0.3) is 5.22 Å². The van der Waals surface area contributed by atoms with Crippen molar-refractivity contribution >= 4 is 46.2 Å². The molecule has 0 spiro atoms. The van der Waals surface area contributed by atoms with E-state index in [1.54, 1.807) is 17.4 Å². The monoisotopic (exact) mass is 317 g/mol. The maximum atomic E-state index is 10.5. The van der Waals surface area contributed by atoms with Gasteiger partial charge >= 0.3 is 5.97 Å². The lowest BCUT2D eigenvalue weighted by Gasteiger charge is -1.92. The first kappa shape index (κ1) is 13.9. The lowest BCUT2D eigenvalue weighted by Crippen LogP contribution is -1.84. The zero-order valence-corrected chi connectivity index (χ0v) is 12.5. The highest BCUT2D eigenvalue weighted by Crippen LogP contribution is 2.29.